The lowest BCUT2D eigenvalue weighted by Gasteiger charge is -2.43. The molecule has 0 radical (unpaired) electrons. The fraction of sp³-hybridized carbons (Fsp3) is 0.409. The lowest BCUT2D eigenvalue weighted by molar-refractivity contribution is -0.132. The molecule has 2 amide bonds. The Hall–Kier alpha value is -3.29. The van der Waals surface area contributed by atoms with Crippen LogP contribution < -0.4 is 15.0 Å². The van der Waals surface area contributed by atoms with E-state index < -0.39 is 5.60 Å². The number of H-pyrrole nitrogens is 1. The van der Waals surface area contributed by atoms with Crippen LogP contribution in [-0.2, 0) is 11.3 Å². The predicted octanol–water partition coefficient (Wildman–Crippen LogP) is 1.80. The van der Waals surface area contributed by atoms with Gasteiger partial charge in [-0.3, -0.25) is 14.4 Å². The Kier molecular flexibility index (Phi) is 5.24. The van der Waals surface area contributed by atoms with E-state index in [1.165, 1.54) is 18.3 Å². The molecule has 0 aliphatic carbocycles. The molecule has 1 spiro atoms. The number of carbonyl (C=O) groups excluding carboxylic acids is 2. The van der Waals surface area contributed by atoms with Gasteiger partial charge in [0, 0.05) is 43.9 Å². The molecule has 158 valence electrons. The molecule has 1 fully saturated rings. The summed E-state index contributed by atoms with van der Waals surface area (Å²) < 4.78 is 11.9. The summed E-state index contributed by atoms with van der Waals surface area (Å²) in [7, 11) is 1.60. The lowest BCUT2D eigenvalue weighted by atomic mass is 9.91. The van der Waals surface area contributed by atoms with Crippen LogP contribution in [0.25, 0.3) is 0 Å². The Morgan fingerprint density at radius 3 is 2.67 bits per heavy atom. The number of aromatic nitrogens is 1. The minimum absolute atomic E-state index is 0.0364. The van der Waals surface area contributed by atoms with E-state index in [9.17, 15) is 14.4 Å². The molecule has 1 aromatic heterocycles. The average molecular weight is 411 g/mol. The number of ether oxygens (including phenoxy) is 2. The molecule has 0 saturated carbocycles. The number of aromatic amines is 1. The molecule has 4 rings (SSSR count). The minimum Gasteiger partial charge on any atom is -0.497 e. The van der Waals surface area contributed by atoms with Gasteiger partial charge in [-0.2, -0.15) is 0 Å². The van der Waals surface area contributed by atoms with Gasteiger partial charge in [0.2, 0.25) is 11.5 Å². The van der Waals surface area contributed by atoms with Crippen molar-refractivity contribution in [2.45, 2.75) is 31.9 Å². The minimum atomic E-state index is -0.709. The highest BCUT2D eigenvalue weighted by molar-refractivity contribution is 5.94. The standard InChI is InChI=1S/C22H25N3O5/c1-15(26)25-12-17-4-6-18(29-2)10-19(17)30-22(14-25)8-3-9-24(13-22)21(28)16-5-7-20(27)23-11-16/h4-7,10-11H,3,8-9,12-14H2,1-2H3,(H,23,27)/t22-/m1/s1. The van der Waals surface area contributed by atoms with Crippen molar-refractivity contribution < 1.29 is 19.1 Å². The highest BCUT2D eigenvalue weighted by Gasteiger charge is 2.43. The first-order valence-electron chi connectivity index (χ1n) is 9.99. The van der Waals surface area contributed by atoms with E-state index in [-0.39, 0.29) is 17.4 Å². The SMILES string of the molecule is COc1ccc2c(c1)O[C@@]1(CCCN(C(=O)c3ccc(=O)[nH]c3)C1)CN(C(C)=O)C2. The number of rotatable bonds is 2. The molecule has 0 unspecified atom stereocenters. The van der Waals surface area contributed by atoms with Crippen LogP contribution in [-0.4, -0.2) is 58.9 Å². The molecule has 30 heavy (non-hydrogen) atoms. The number of fused-ring (bicyclic) bond motifs is 1. The Morgan fingerprint density at radius 1 is 1.17 bits per heavy atom. The number of methoxy groups -OCH3 is 1. The smallest absolute Gasteiger partial charge is 0.255 e. The zero-order valence-electron chi connectivity index (χ0n) is 17.1. The maximum atomic E-state index is 13.0. The summed E-state index contributed by atoms with van der Waals surface area (Å²) >= 11 is 0. The number of carbonyl (C=O) groups is 2. The summed E-state index contributed by atoms with van der Waals surface area (Å²) in [6, 6.07) is 8.47. The second-order valence-electron chi connectivity index (χ2n) is 7.91. The van der Waals surface area contributed by atoms with Crippen molar-refractivity contribution >= 4 is 11.8 Å². The van der Waals surface area contributed by atoms with E-state index in [1.54, 1.807) is 23.8 Å². The van der Waals surface area contributed by atoms with Gasteiger partial charge in [-0.25, -0.2) is 0 Å². The number of hydrogen-bond donors (Lipinski definition) is 1. The number of piperidine rings is 1. The van der Waals surface area contributed by atoms with E-state index in [1.807, 2.05) is 18.2 Å². The molecule has 8 nitrogen and oxygen atoms in total. The van der Waals surface area contributed by atoms with Gasteiger partial charge >= 0.3 is 0 Å². The first-order valence-corrected chi connectivity index (χ1v) is 9.99. The van der Waals surface area contributed by atoms with E-state index in [4.69, 9.17) is 9.47 Å². The molecular weight excluding hydrogens is 386 g/mol. The van der Waals surface area contributed by atoms with Crippen LogP contribution in [0.4, 0.5) is 0 Å². The van der Waals surface area contributed by atoms with Crippen LogP contribution in [0.5, 0.6) is 11.5 Å². The van der Waals surface area contributed by atoms with E-state index in [2.05, 4.69) is 4.98 Å². The quantitative estimate of drug-likeness (QED) is 0.814. The van der Waals surface area contributed by atoms with Gasteiger partial charge in [0.1, 0.15) is 17.1 Å². The van der Waals surface area contributed by atoms with Crippen LogP contribution >= 0.6 is 0 Å². The van der Waals surface area contributed by atoms with Crippen molar-refractivity contribution in [2.24, 2.45) is 0 Å². The number of benzene rings is 1. The largest absolute Gasteiger partial charge is 0.497 e. The third-order valence-electron chi connectivity index (χ3n) is 5.74. The van der Waals surface area contributed by atoms with Gasteiger partial charge < -0.3 is 24.3 Å². The highest BCUT2D eigenvalue weighted by Crippen LogP contribution is 2.37. The van der Waals surface area contributed by atoms with Crippen molar-refractivity contribution in [1.29, 1.82) is 0 Å². The predicted molar refractivity (Wildman–Crippen MR) is 110 cm³/mol. The third kappa shape index (κ3) is 3.90. The zero-order valence-corrected chi connectivity index (χ0v) is 17.1. The molecule has 2 aromatic rings. The van der Waals surface area contributed by atoms with Crippen molar-refractivity contribution in [1.82, 2.24) is 14.8 Å². The monoisotopic (exact) mass is 411 g/mol. The van der Waals surface area contributed by atoms with Crippen LogP contribution in [0, 0.1) is 0 Å². The number of hydrogen-bond acceptors (Lipinski definition) is 5. The molecule has 1 saturated heterocycles. The van der Waals surface area contributed by atoms with Gasteiger partial charge in [0.05, 0.1) is 25.8 Å². The maximum absolute atomic E-state index is 13.0. The zero-order chi connectivity index (χ0) is 21.3. The van der Waals surface area contributed by atoms with Crippen LogP contribution in [0.3, 0.4) is 0 Å². The fourth-order valence-corrected chi connectivity index (χ4v) is 4.19. The molecule has 1 N–H and O–H groups in total. The van der Waals surface area contributed by atoms with Crippen molar-refractivity contribution in [2.75, 3.05) is 26.7 Å². The first-order chi connectivity index (χ1) is 14.4. The second kappa shape index (κ2) is 7.85. The number of pyridine rings is 1. The molecule has 2 aliphatic heterocycles. The summed E-state index contributed by atoms with van der Waals surface area (Å²) in [5.74, 6) is 1.15. The fourth-order valence-electron chi connectivity index (χ4n) is 4.19. The van der Waals surface area contributed by atoms with Crippen molar-refractivity contribution in [3.8, 4) is 11.5 Å². The summed E-state index contributed by atoms with van der Waals surface area (Å²) in [6.45, 7) is 3.34. The van der Waals surface area contributed by atoms with Gasteiger partial charge in [0.15, 0.2) is 0 Å². The average Bonchev–Trinajstić information content (AvgIpc) is 2.89. The summed E-state index contributed by atoms with van der Waals surface area (Å²) in [6.07, 6.45) is 2.91. The van der Waals surface area contributed by atoms with Crippen molar-refractivity contribution in [3.05, 3.63) is 58.0 Å². The normalized spacial score (nSPS) is 20.9. The van der Waals surface area contributed by atoms with E-state index in [0.717, 1.165) is 18.4 Å². The van der Waals surface area contributed by atoms with Gasteiger partial charge in [-0.15, -0.1) is 0 Å². The molecule has 2 aliphatic rings. The molecule has 8 heteroatoms. The number of nitrogens with one attached hydrogen (secondary N) is 1. The van der Waals surface area contributed by atoms with Gasteiger partial charge in [-0.1, -0.05) is 0 Å². The molecule has 1 aromatic carbocycles. The molecule has 0 bridgehead atoms. The summed E-state index contributed by atoms with van der Waals surface area (Å²) in [4.78, 5) is 42.7. The number of likely N-dealkylation sites (tertiary alicyclic amines) is 1. The Balaban J connectivity index is 1.66. The third-order valence-corrected chi connectivity index (χ3v) is 5.74. The number of nitrogens with zero attached hydrogens (tertiary/aromatic N) is 2. The summed E-state index contributed by atoms with van der Waals surface area (Å²) in [5, 5.41) is 0. The maximum Gasteiger partial charge on any atom is 0.255 e. The highest BCUT2D eigenvalue weighted by atomic mass is 16.5. The second-order valence-corrected chi connectivity index (χ2v) is 7.91. The molecule has 1 atom stereocenters. The van der Waals surface area contributed by atoms with E-state index in [0.29, 0.717) is 43.2 Å². The number of amides is 2. The lowest BCUT2D eigenvalue weighted by Crippen LogP contribution is -2.58. The van der Waals surface area contributed by atoms with Gasteiger partial charge in [-0.05, 0) is 31.0 Å². The Labute approximate surface area is 174 Å². The Bertz CT molecular complexity index is 1010. The van der Waals surface area contributed by atoms with Crippen molar-refractivity contribution in [3.63, 3.8) is 0 Å². The van der Waals surface area contributed by atoms with Crippen LogP contribution in [0.1, 0.15) is 35.7 Å². The molecular formula is C22H25N3O5. The topological polar surface area (TPSA) is 91.9 Å². The summed E-state index contributed by atoms with van der Waals surface area (Å²) in [5.41, 5.74) is 0.369. The van der Waals surface area contributed by atoms with Crippen LogP contribution in [0.2, 0.25) is 0 Å². The Morgan fingerprint density at radius 2 is 1.97 bits per heavy atom. The van der Waals surface area contributed by atoms with Gasteiger partial charge in [0.25, 0.3) is 5.91 Å². The van der Waals surface area contributed by atoms with E-state index >= 15 is 0 Å². The first kappa shape index (κ1) is 20.0. The van der Waals surface area contributed by atoms with Crippen LogP contribution in [0.15, 0.2) is 41.3 Å². The molecule has 3 heterocycles.